The fraction of sp³-hybridized carbons (Fsp3) is 0.391. The highest BCUT2D eigenvalue weighted by molar-refractivity contribution is 6.04. The summed E-state index contributed by atoms with van der Waals surface area (Å²) in [7, 11) is 1.98. The number of likely N-dealkylation sites (N-methyl/N-ethyl adjacent to an activating group) is 1. The van der Waals surface area contributed by atoms with E-state index in [0.29, 0.717) is 30.3 Å². The minimum absolute atomic E-state index is 0.0937. The molecule has 0 aromatic heterocycles. The van der Waals surface area contributed by atoms with Gasteiger partial charge in [-0.05, 0) is 43.5 Å². The molecule has 0 spiro atoms. The summed E-state index contributed by atoms with van der Waals surface area (Å²) < 4.78 is 0. The molecule has 0 radical (unpaired) electrons. The second-order valence-electron chi connectivity index (χ2n) is 7.61. The number of rotatable bonds is 8. The van der Waals surface area contributed by atoms with Crippen molar-refractivity contribution in [2.24, 2.45) is 5.92 Å². The van der Waals surface area contributed by atoms with Crippen LogP contribution in [0.2, 0.25) is 0 Å². The van der Waals surface area contributed by atoms with Gasteiger partial charge in [-0.25, -0.2) is 0 Å². The van der Waals surface area contributed by atoms with Gasteiger partial charge in [0.2, 0.25) is 5.91 Å². The molecule has 1 aliphatic rings. The van der Waals surface area contributed by atoms with Gasteiger partial charge in [-0.2, -0.15) is 0 Å². The van der Waals surface area contributed by atoms with Crippen molar-refractivity contribution in [3.63, 3.8) is 0 Å². The molecule has 1 aliphatic carbocycles. The summed E-state index contributed by atoms with van der Waals surface area (Å²) in [6.45, 7) is 1.73. The first kappa shape index (κ1) is 20.1. The third-order valence-electron chi connectivity index (χ3n) is 5.20. The third-order valence-corrected chi connectivity index (χ3v) is 5.20. The number of para-hydroxylation sites is 1. The molecule has 5 heteroatoms. The van der Waals surface area contributed by atoms with E-state index in [1.165, 1.54) is 25.7 Å². The first-order valence-corrected chi connectivity index (χ1v) is 10.0. The molecule has 0 aliphatic heterocycles. The number of benzene rings is 2. The zero-order chi connectivity index (χ0) is 19.8. The molecule has 0 atom stereocenters. The van der Waals surface area contributed by atoms with Crippen LogP contribution in [0, 0.1) is 5.92 Å². The Kier molecular flexibility index (Phi) is 7.20. The van der Waals surface area contributed by atoms with Crippen LogP contribution < -0.4 is 10.6 Å². The monoisotopic (exact) mass is 379 g/mol. The van der Waals surface area contributed by atoms with Crippen LogP contribution in [0.1, 0.15) is 41.6 Å². The third kappa shape index (κ3) is 5.92. The molecule has 0 bridgehead atoms. The first-order chi connectivity index (χ1) is 13.6. The fourth-order valence-electron chi connectivity index (χ4n) is 3.80. The predicted octanol–water partition coefficient (Wildman–Crippen LogP) is 3.68. The summed E-state index contributed by atoms with van der Waals surface area (Å²) in [6.07, 6.45) is 5.12. The first-order valence-electron chi connectivity index (χ1n) is 10.0. The number of nitrogens with one attached hydrogen (secondary N) is 2. The molecule has 2 aromatic carbocycles. The second-order valence-corrected chi connectivity index (χ2v) is 7.61. The molecular formula is C23H29N3O2. The maximum atomic E-state index is 12.6. The largest absolute Gasteiger partial charge is 0.348 e. The Morgan fingerprint density at radius 1 is 1.00 bits per heavy atom. The average molecular weight is 380 g/mol. The lowest BCUT2D eigenvalue weighted by atomic mass is 10.1. The smallest absolute Gasteiger partial charge is 0.253 e. The van der Waals surface area contributed by atoms with Crippen molar-refractivity contribution in [2.75, 3.05) is 25.5 Å². The molecule has 28 heavy (non-hydrogen) atoms. The van der Waals surface area contributed by atoms with Crippen molar-refractivity contribution >= 4 is 17.5 Å². The molecule has 5 nitrogen and oxygen atoms in total. The van der Waals surface area contributed by atoms with Gasteiger partial charge < -0.3 is 10.6 Å². The summed E-state index contributed by atoms with van der Waals surface area (Å²) in [4.78, 5) is 27.1. The highest BCUT2D eigenvalue weighted by Crippen LogP contribution is 2.25. The van der Waals surface area contributed by atoms with Gasteiger partial charge in [-0.15, -0.1) is 0 Å². The Balaban J connectivity index is 1.55. The number of hydrogen-bond acceptors (Lipinski definition) is 3. The van der Waals surface area contributed by atoms with Crippen LogP contribution in [0.25, 0.3) is 0 Å². The number of carbonyl (C=O) groups excluding carboxylic acids is 2. The summed E-state index contributed by atoms with van der Waals surface area (Å²) >= 11 is 0. The summed E-state index contributed by atoms with van der Waals surface area (Å²) in [5.41, 5.74) is 2.06. The van der Waals surface area contributed by atoms with Crippen molar-refractivity contribution in [3.05, 3.63) is 65.7 Å². The molecular weight excluding hydrogens is 350 g/mol. The Labute approximate surface area is 167 Å². The van der Waals surface area contributed by atoms with E-state index in [2.05, 4.69) is 15.5 Å². The van der Waals surface area contributed by atoms with Gasteiger partial charge in [0.05, 0.1) is 17.8 Å². The molecule has 2 N–H and O–H groups in total. The minimum Gasteiger partial charge on any atom is -0.348 e. The second kappa shape index (κ2) is 10.0. The Bertz CT molecular complexity index is 785. The standard InChI is InChI=1S/C23H29N3O2/c1-26(16-19-11-5-6-12-19)17-22(27)25-21-14-8-7-13-20(21)23(28)24-15-18-9-3-2-4-10-18/h2-4,7-10,13-14,19H,5-6,11-12,15-17H2,1H3,(H,24,28)(H,25,27). The molecule has 1 fully saturated rings. The van der Waals surface area contributed by atoms with Crippen molar-refractivity contribution in [2.45, 2.75) is 32.2 Å². The molecule has 148 valence electrons. The van der Waals surface area contributed by atoms with E-state index in [4.69, 9.17) is 0 Å². The molecule has 0 unspecified atom stereocenters. The lowest BCUT2D eigenvalue weighted by Crippen LogP contribution is -2.34. The summed E-state index contributed by atoms with van der Waals surface area (Å²) in [5.74, 6) is 0.414. The van der Waals surface area contributed by atoms with E-state index in [1.54, 1.807) is 18.2 Å². The summed E-state index contributed by atoms with van der Waals surface area (Å²) in [5, 5.41) is 5.82. The molecule has 0 saturated heterocycles. The van der Waals surface area contributed by atoms with Crippen molar-refractivity contribution in [3.8, 4) is 0 Å². The topological polar surface area (TPSA) is 61.4 Å². The predicted molar refractivity (Wildman–Crippen MR) is 112 cm³/mol. The molecule has 3 rings (SSSR count). The molecule has 2 amide bonds. The van der Waals surface area contributed by atoms with Crippen LogP contribution in [0.15, 0.2) is 54.6 Å². The zero-order valence-electron chi connectivity index (χ0n) is 16.5. The van der Waals surface area contributed by atoms with Crippen molar-refractivity contribution < 1.29 is 9.59 Å². The lowest BCUT2D eigenvalue weighted by molar-refractivity contribution is -0.117. The van der Waals surface area contributed by atoms with Crippen LogP contribution in [-0.2, 0) is 11.3 Å². The van der Waals surface area contributed by atoms with Crippen LogP contribution in [0.3, 0.4) is 0 Å². The van der Waals surface area contributed by atoms with Crippen LogP contribution in [0.5, 0.6) is 0 Å². The van der Waals surface area contributed by atoms with E-state index in [0.717, 1.165) is 12.1 Å². The zero-order valence-corrected chi connectivity index (χ0v) is 16.5. The van der Waals surface area contributed by atoms with E-state index >= 15 is 0 Å². The quantitative estimate of drug-likeness (QED) is 0.736. The van der Waals surface area contributed by atoms with Crippen molar-refractivity contribution in [1.29, 1.82) is 0 Å². The Morgan fingerprint density at radius 2 is 1.68 bits per heavy atom. The van der Waals surface area contributed by atoms with Gasteiger partial charge in [0.15, 0.2) is 0 Å². The SMILES string of the molecule is CN(CC(=O)Nc1ccccc1C(=O)NCc1ccccc1)CC1CCCC1. The van der Waals surface area contributed by atoms with E-state index in [-0.39, 0.29) is 11.8 Å². The number of anilines is 1. The number of carbonyl (C=O) groups is 2. The van der Waals surface area contributed by atoms with Crippen molar-refractivity contribution in [1.82, 2.24) is 10.2 Å². The fourth-order valence-corrected chi connectivity index (χ4v) is 3.80. The van der Waals surface area contributed by atoms with Crippen LogP contribution in [-0.4, -0.2) is 36.9 Å². The minimum atomic E-state index is -0.195. The van der Waals surface area contributed by atoms with Gasteiger partial charge in [0.25, 0.3) is 5.91 Å². The Morgan fingerprint density at radius 3 is 2.43 bits per heavy atom. The van der Waals surface area contributed by atoms with Gasteiger partial charge in [0, 0.05) is 13.1 Å². The number of nitrogens with zero attached hydrogens (tertiary/aromatic N) is 1. The maximum Gasteiger partial charge on any atom is 0.253 e. The van der Waals surface area contributed by atoms with Gasteiger partial charge in [0.1, 0.15) is 0 Å². The highest BCUT2D eigenvalue weighted by Gasteiger charge is 2.19. The Hall–Kier alpha value is -2.66. The van der Waals surface area contributed by atoms with E-state index in [9.17, 15) is 9.59 Å². The molecule has 0 heterocycles. The van der Waals surface area contributed by atoms with Gasteiger partial charge >= 0.3 is 0 Å². The number of hydrogen-bond donors (Lipinski definition) is 2. The average Bonchev–Trinajstić information content (AvgIpc) is 3.20. The van der Waals surface area contributed by atoms with Crippen LogP contribution in [0.4, 0.5) is 5.69 Å². The van der Waals surface area contributed by atoms with Crippen LogP contribution >= 0.6 is 0 Å². The highest BCUT2D eigenvalue weighted by atomic mass is 16.2. The van der Waals surface area contributed by atoms with Gasteiger partial charge in [-0.3, -0.25) is 14.5 Å². The molecule has 2 aromatic rings. The molecule has 1 saturated carbocycles. The normalized spacial score (nSPS) is 14.2. The maximum absolute atomic E-state index is 12.6. The lowest BCUT2D eigenvalue weighted by Gasteiger charge is -2.20. The summed E-state index contributed by atoms with van der Waals surface area (Å²) in [6, 6.07) is 16.9. The van der Waals surface area contributed by atoms with E-state index in [1.807, 2.05) is 43.4 Å². The van der Waals surface area contributed by atoms with E-state index < -0.39 is 0 Å². The number of amides is 2. The van der Waals surface area contributed by atoms with Gasteiger partial charge in [-0.1, -0.05) is 55.3 Å².